The Morgan fingerprint density at radius 1 is 1.39 bits per heavy atom. The Hall–Kier alpha value is -2.69. The minimum atomic E-state index is -0.0385. The predicted octanol–water partition coefficient (Wildman–Crippen LogP) is 2.53. The molecule has 1 aromatic carbocycles. The summed E-state index contributed by atoms with van der Waals surface area (Å²) >= 11 is 0. The van der Waals surface area contributed by atoms with Crippen molar-refractivity contribution >= 4 is 5.91 Å². The van der Waals surface area contributed by atoms with E-state index in [9.17, 15) is 4.79 Å². The van der Waals surface area contributed by atoms with Crippen LogP contribution in [0.3, 0.4) is 0 Å². The van der Waals surface area contributed by atoms with Gasteiger partial charge in [-0.25, -0.2) is 9.97 Å². The largest absolute Gasteiger partial charge is 0.487 e. The van der Waals surface area contributed by atoms with Gasteiger partial charge in [0.2, 0.25) is 5.91 Å². The van der Waals surface area contributed by atoms with E-state index < -0.39 is 0 Å². The minimum absolute atomic E-state index is 0.0288. The molecule has 0 saturated heterocycles. The highest BCUT2D eigenvalue weighted by molar-refractivity contribution is 5.76. The van der Waals surface area contributed by atoms with Gasteiger partial charge in [0.25, 0.3) is 0 Å². The molecule has 23 heavy (non-hydrogen) atoms. The second-order valence-corrected chi connectivity index (χ2v) is 5.50. The van der Waals surface area contributed by atoms with E-state index in [4.69, 9.17) is 4.74 Å². The number of ether oxygens (including phenoxy) is 1. The number of nitrogens with zero attached hydrogens (tertiary/aromatic N) is 2. The van der Waals surface area contributed by atoms with Crippen molar-refractivity contribution < 1.29 is 9.53 Å². The van der Waals surface area contributed by atoms with Gasteiger partial charge >= 0.3 is 0 Å². The van der Waals surface area contributed by atoms with Crippen LogP contribution in [0.5, 0.6) is 5.75 Å². The fourth-order valence-electron chi connectivity index (χ4n) is 2.67. The first kappa shape index (κ1) is 15.2. The van der Waals surface area contributed by atoms with Gasteiger partial charge in [-0.05, 0) is 12.0 Å². The molecule has 0 bridgehead atoms. The Kier molecular flexibility index (Phi) is 4.66. The van der Waals surface area contributed by atoms with Crippen LogP contribution in [0.1, 0.15) is 18.4 Å². The maximum absolute atomic E-state index is 11.7. The van der Waals surface area contributed by atoms with Crippen molar-refractivity contribution in [1.29, 1.82) is 0 Å². The van der Waals surface area contributed by atoms with Gasteiger partial charge < -0.3 is 10.1 Å². The lowest BCUT2D eigenvalue weighted by Gasteiger charge is -2.13. The standard InChI is InChI=1S/C18H19N3O2/c1-2-3-7-17(22)21-11-15-8-13-5-4-6-16(18(13)23-15)14-9-19-12-20-10-14/h2,4-6,9-10,12,15H,1,3,7-8,11H2,(H,21,22). The molecule has 118 valence electrons. The second-order valence-electron chi connectivity index (χ2n) is 5.50. The number of hydrogen-bond donors (Lipinski definition) is 1. The number of fused-ring (bicyclic) bond motifs is 1. The first-order valence-electron chi connectivity index (χ1n) is 7.69. The van der Waals surface area contributed by atoms with Crippen molar-refractivity contribution in [3.8, 4) is 16.9 Å². The first-order chi connectivity index (χ1) is 11.3. The Morgan fingerprint density at radius 2 is 2.22 bits per heavy atom. The number of para-hydroxylation sites is 1. The maximum Gasteiger partial charge on any atom is 0.220 e. The molecule has 2 aromatic rings. The van der Waals surface area contributed by atoms with Gasteiger partial charge in [0.1, 0.15) is 18.2 Å². The van der Waals surface area contributed by atoms with Crippen molar-refractivity contribution in [1.82, 2.24) is 15.3 Å². The lowest BCUT2D eigenvalue weighted by molar-refractivity contribution is -0.121. The highest BCUT2D eigenvalue weighted by Gasteiger charge is 2.26. The number of benzene rings is 1. The van der Waals surface area contributed by atoms with E-state index in [1.54, 1.807) is 18.5 Å². The van der Waals surface area contributed by atoms with Crippen LogP contribution < -0.4 is 10.1 Å². The van der Waals surface area contributed by atoms with Crippen LogP contribution in [-0.2, 0) is 11.2 Å². The molecule has 5 nitrogen and oxygen atoms in total. The number of nitrogens with one attached hydrogen (secondary N) is 1. The highest BCUT2D eigenvalue weighted by Crippen LogP contribution is 2.38. The van der Waals surface area contributed by atoms with Crippen LogP contribution in [-0.4, -0.2) is 28.5 Å². The molecule has 1 unspecified atom stereocenters. The summed E-state index contributed by atoms with van der Waals surface area (Å²) in [6, 6.07) is 6.07. The summed E-state index contributed by atoms with van der Waals surface area (Å²) < 4.78 is 6.06. The predicted molar refractivity (Wildman–Crippen MR) is 88.0 cm³/mol. The zero-order valence-electron chi connectivity index (χ0n) is 12.9. The Labute approximate surface area is 135 Å². The van der Waals surface area contributed by atoms with Gasteiger partial charge in [-0.3, -0.25) is 4.79 Å². The summed E-state index contributed by atoms with van der Waals surface area (Å²) in [7, 11) is 0. The average Bonchev–Trinajstić information content (AvgIpc) is 3.02. The number of allylic oxidation sites excluding steroid dienone is 1. The zero-order chi connectivity index (χ0) is 16.1. The fourth-order valence-corrected chi connectivity index (χ4v) is 2.67. The van der Waals surface area contributed by atoms with E-state index in [0.717, 1.165) is 28.9 Å². The molecule has 0 radical (unpaired) electrons. The van der Waals surface area contributed by atoms with Crippen LogP contribution in [0.4, 0.5) is 0 Å². The molecular weight excluding hydrogens is 290 g/mol. The van der Waals surface area contributed by atoms with Gasteiger partial charge in [-0.2, -0.15) is 0 Å². The number of carbonyl (C=O) groups excluding carboxylic acids is 1. The monoisotopic (exact) mass is 309 g/mol. The molecule has 0 saturated carbocycles. The number of hydrogen-bond acceptors (Lipinski definition) is 4. The van der Waals surface area contributed by atoms with E-state index in [-0.39, 0.29) is 12.0 Å². The summed E-state index contributed by atoms with van der Waals surface area (Å²) in [5.74, 6) is 0.897. The van der Waals surface area contributed by atoms with E-state index in [2.05, 4.69) is 27.9 Å². The third-order valence-corrected chi connectivity index (χ3v) is 3.80. The van der Waals surface area contributed by atoms with Gasteiger partial charge in [0.15, 0.2) is 0 Å². The molecule has 5 heteroatoms. The normalized spacial score (nSPS) is 15.6. The molecule has 1 aromatic heterocycles. The lowest BCUT2D eigenvalue weighted by Crippen LogP contribution is -2.34. The average molecular weight is 309 g/mol. The third kappa shape index (κ3) is 3.56. The molecule has 1 aliphatic rings. The van der Waals surface area contributed by atoms with E-state index >= 15 is 0 Å². The van der Waals surface area contributed by atoms with Crippen molar-refractivity contribution in [3.05, 3.63) is 55.1 Å². The molecule has 0 spiro atoms. The highest BCUT2D eigenvalue weighted by atomic mass is 16.5. The molecule has 0 aliphatic carbocycles. The SMILES string of the molecule is C=CCCC(=O)NCC1Cc2cccc(-c3cncnc3)c2O1. The first-order valence-corrected chi connectivity index (χ1v) is 7.69. The molecular formula is C18H19N3O2. The Balaban J connectivity index is 1.67. The molecule has 1 aliphatic heterocycles. The smallest absolute Gasteiger partial charge is 0.220 e. The van der Waals surface area contributed by atoms with Crippen molar-refractivity contribution in [3.63, 3.8) is 0 Å². The van der Waals surface area contributed by atoms with Gasteiger partial charge in [-0.1, -0.05) is 24.3 Å². The molecule has 0 fully saturated rings. The quantitative estimate of drug-likeness (QED) is 0.833. The van der Waals surface area contributed by atoms with Crippen molar-refractivity contribution in [2.24, 2.45) is 0 Å². The van der Waals surface area contributed by atoms with E-state index in [0.29, 0.717) is 19.4 Å². The molecule has 1 amide bonds. The third-order valence-electron chi connectivity index (χ3n) is 3.80. The number of carbonyl (C=O) groups is 1. The maximum atomic E-state index is 11.7. The van der Waals surface area contributed by atoms with E-state index in [1.807, 2.05) is 12.1 Å². The van der Waals surface area contributed by atoms with Crippen LogP contribution in [0.2, 0.25) is 0 Å². The number of rotatable bonds is 6. The molecule has 1 atom stereocenters. The second kappa shape index (κ2) is 7.05. The summed E-state index contributed by atoms with van der Waals surface area (Å²) in [4.78, 5) is 19.8. The topological polar surface area (TPSA) is 64.1 Å². The van der Waals surface area contributed by atoms with Gasteiger partial charge in [0.05, 0.1) is 6.54 Å². The zero-order valence-corrected chi connectivity index (χ0v) is 12.9. The van der Waals surface area contributed by atoms with Crippen LogP contribution in [0.25, 0.3) is 11.1 Å². The summed E-state index contributed by atoms with van der Waals surface area (Å²) in [5.41, 5.74) is 3.07. The fraction of sp³-hybridized carbons (Fsp3) is 0.278. The summed E-state index contributed by atoms with van der Waals surface area (Å²) in [5, 5.41) is 2.92. The van der Waals surface area contributed by atoms with Crippen molar-refractivity contribution in [2.75, 3.05) is 6.54 Å². The van der Waals surface area contributed by atoms with Crippen molar-refractivity contribution in [2.45, 2.75) is 25.4 Å². The molecule has 2 heterocycles. The van der Waals surface area contributed by atoms with Gasteiger partial charge in [-0.15, -0.1) is 6.58 Å². The molecule has 1 N–H and O–H groups in total. The number of amides is 1. The molecule has 3 rings (SSSR count). The van der Waals surface area contributed by atoms with Crippen LogP contribution in [0.15, 0.2) is 49.6 Å². The van der Waals surface area contributed by atoms with Gasteiger partial charge in [0, 0.05) is 36.4 Å². The van der Waals surface area contributed by atoms with Crippen LogP contribution in [0, 0.1) is 0 Å². The van der Waals surface area contributed by atoms with E-state index in [1.165, 1.54) is 6.33 Å². The lowest BCUT2D eigenvalue weighted by atomic mass is 10.0. The Morgan fingerprint density at radius 3 is 3.00 bits per heavy atom. The van der Waals surface area contributed by atoms with Crippen LogP contribution >= 0.6 is 0 Å². The Bertz CT molecular complexity index is 701. The summed E-state index contributed by atoms with van der Waals surface area (Å²) in [6.45, 7) is 4.13. The number of aromatic nitrogens is 2. The minimum Gasteiger partial charge on any atom is -0.487 e. The summed E-state index contributed by atoms with van der Waals surface area (Å²) in [6.07, 6.45) is 8.71.